The van der Waals surface area contributed by atoms with E-state index in [4.69, 9.17) is 0 Å². The van der Waals surface area contributed by atoms with Crippen LogP contribution in [-0.2, 0) is 0 Å². The smallest absolute Gasteiger partial charge is 0.0108 e. The lowest BCUT2D eigenvalue weighted by atomic mass is 9.67. The Bertz CT molecular complexity index is 257. The van der Waals surface area contributed by atoms with Crippen LogP contribution in [0.25, 0.3) is 0 Å². The number of nitrogens with zero attached hydrogens (tertiary/aromatic N) is 1. The standard InChI is InChI=1S/C18H38N2/c1-7-9-12-20(6)14-15-13-16(18(3,4)5)10-11-17(15)19-8-2/h15-17,19H,7-14H2,1-6H3. The van der Waals surface area contributed by atoms with E-state index in [0.717, 1.165) is 24.4 Å². The van der Waals surface area contributed by atoms with Crippen molar-refractivity contribution in [2.45, 2.75) is 72.8 Å². The second-order valence-corrected chi connectivity index (χ2v) is 7.92. The Morgan fingerprint density at radius 1 is 1.15 bits per heavy atom. The fraction of sp³-hybridized carbons (Fsp3) is 1.00. The first-order valence-corrected chi connectivity index (χ1v) is 8.80. The maximum atomic E-state index is 3.74. The van der Waals surface area contributed by atoms with Gasteiger partial charge in [0.25, 0.3) is 0 Å². The Balaban J connectivity index is 2.58. The molecule has 3 unspecified atom stereocenters. The first-order chi connectivity index (χ1) is 9.38. The van der Waals surface area contributed by atoms with Crippen molar-refractivity contribution < 1.29 is 0 Å². The summed E-state index contributed by atoms with van der Waals surface area (Å²) in [5, 5.41) is 3.74. The predicted molar refractivity (Wildman–Crippen MR) is 90.2 cm³/mol. The Kier molecular flexibility index (Phi) is 7.53. The molecule has 0 spiro atoms. The van der Waals surface area contributed by atoms with Crippen molar-refractivity contribution in [1.29, 1.82) is 0 Å². The highest BCUT2D eigenvalue weighted by molar-refractivity contribution is 4.90. The van der Waals surface area contributed by atoms with Crippen LogP contribution in [0.4, 0.5) is 0 Å². The zero-order chi connectivity index (χ0) is 15.2. The molecule has 0 aliphatic heterocycles. The number of nitrogens with one attached hydrogen (secondary N) is 1. The molecular weight excluding hydrogens is 244 g/mol. The summed E-state index contributed by atoms with van der Waals surface area (Å²) in [4.78, 5) is 2.56. The maximum absolute atomic E-state index is 3.74. The minimum absolute atomic E-state index is 0.470. The third-order valence-electron chi connectivity index (χ3n) is 5.11. The lowest BCUT2D eigenvalue weighted by Gasteiger charge is -2.43. The Morgan fingerprint density at radius 2 is 1.85 bits per heavy atom. The SMILES string of the molecule is CCCCN(C)CC1CC(C(C)(C)C)CCC1NCC. The van der Waals surface area contributed by atoms with E-state index < -0.39 is 0 Å². The average Bonchev–Trinajstić information content (AvgIpc) is 2.37. The number of hydrogen-bond donors (Lipinski definition) is 1. The van der Waals surface area contributed by atoms with E-state index in [9.17, 15) is 0 Å². The topological polar surface area (TPSA) is 15.3 Å². The van der Waals surface area contributed by atoms with Gasteiger partial charge in [0.15, 0.2) is 0 Å². The largest absolute Gasteiger partial charge is 0.314 e. The zero-order valence-electron chi connectivity index (χ0n) is 14.8. The molecule has 1 aliphatic rings. The Hall–Kier alpha value is -0.0800. The lowest BCUT2D eigenvalue weighted by molar-refractivity contribution is 0.0937. The van der Waals surface area contributed by atoms with Crippen molar-refractivity contribution in [1.82, 2.24) is 10.2 Å². The molecule has 20 heavy (non-hydrogen) atoms. The minimum Gasteiger partial charge on any atom is -0.314 e. The third-order valence-corrected chi connectivity index (χ3v) is 5.11. The van der Waals surface area contributed by atoms with E-state index in [-0.39, 0.29) is 0 Å². The van der Waals surface area contributed by atoms with Gasteiger partial charge in [0.05, 0.1) is 0 Å². The van der Waals surface area contributed by atoms with Crippen LogP contribution in [0.5, 0.6) is 0 Å². The van der Waals surface area contributed by atoms with Crippen LogP contribution in [0, 0.1) is 17.3 Å². The monoisotopic (exact) mass is 282 g/mol. The lowest BCUT2D eigenvalue weighted by Crippen LogP contribution is -2.47. The second kappa shape index (κ2) is 8.38. The molecule has 2 nitrogen and oxygen atoms in total. The highest BCUT2D eigenvalue weighted by Crippen LogP contribution is 2.40. The first-order valence-electron chi connectivity index (χ1n) is 8.80. The summed E-state index contributed by atoms with van der Waals surface area (Å²) in [6, 6.07) is 0.739. The van der Waals surface area contributed by atoms with Crippen molar-refractivity contribution >= 4 is 0 Å². The van der Waals surface area contributed by atoms with Crippen LogP contribution >= 0.6 is 0 Å². The average molecular weight is 283 g/mol. The molecule has 1 saturated carbocycles. The van der Waals surface area contributed by atoms with Gasteiger partial charge in [-0.1, -0.05) is 41.0 Å². The van der Waals surface area contributed by atoms with Crippen LogP contribution in [0.1, 0.15) is 66.7 Å². The van der Waals surface area contributed by atoms with Gasteiger partial charge in [-0.15, -0.1) is 0 Å². The van der Waals surface area contributed by atoms with Gasteiger partial charge in [-0.2, -0.15) is 0 Å². The van der Waals surface area contributed by atoms with Crippen LogP contribution in [-0.4, -0.2) is 37.6 Å². The second-order valence-electron chi connectivity index (χ2n) is 7.92. The summed E-state index contributed by atoms with van der Waals surface area (Å²) in [6.45, 7) is 15.4. The maximum Gasteiger partial charge on any atom is 0.0108 e. The minimum atomic E-state index is 0.470. The summed E-state index contributed by atoms with van der Waals surface area (Å²) in [5.41, 5.74) is 0.470. The molecule has 0 aromatic heterocycles. The molecule has 0 saturated heterocycles. The highest BCUT2D eigenvalue weighted by Gasteiger charge is 2.35. The van der Waals surface area contributed by atoms with Gasteiger partial charge in [0.1, 0.15) is 0 Å². The molecule has 1 N–H and O–H groups in total. The van der Waals surface area contributed by atoms with Gasteiger partial charge >= 0.3 is 0 Å². The van der Waals surface area contributed by atoms with Crippen molar-refractivity contribution in [2.24, 2.45) is 17.3 Å². The van der Waals surface area contributed by atoms with E-state index in [1.54, 1.807) is 0 Å². The van der Waals surface area contributed by atoms with E-state index >= 15 is 0 Å². The number of unbranched alkanes of at least 4 members (excludes halogenated alkanes) is 1. The fourth-order valence-corrected chi connectivity index (χ4v) is 3.70. The molecule has 1 fully saturated rings. The van der Waals surface area contributed by atoms with Crippen LogP contribution in [0.2, 0.25) is 0 Å². The molecule has 1 rings (SSSR count). The van der Waals surface area contributed by atoms with Crippen molar-refractivity contribution in [2.75, 3.05) is 26.7 Å². The van der Waals surface area contributed by atoms with E-state index in [1.807, 2.05) is 0 Å². The van der Waals surface area contributed by atoms with E-state index in [1.165, 1.54) is 45.2 Å². The van der Waals surface area contributed by atoms with Gasteiger partial charge in [-0.25, -0.2) is 0 Å². The molecule has 0 bridgehead atoms. The molecule has 0 amide bonds. The molecule has 0 aromatic carbocycles. The van der Waals surface area contributed by atoms with Crippen molar-refractivity contribution in [3.63, 3.8) is 0 Å². The Labute approximate surface area is 127 Å². The van der Waals surface area contributed by atoms with Crippen LogP contribution in [0.3, 0.4) is 0 Å². The first kappa shape index (κ1) is 18.0. The Morgan fingerprint density at radius 3 is 2.40 bits per heavy atom. The highest BCUT2D eigenvalue weighted by atomic mass is 15.1. The van der Waals surface area contributed by atoms with E-state index in [2.05, 4.69) is 51.9 Å². The fourth-order valence-electron chi connectivity index (χ4n) is 3.70. The molecule has 120 valence electrons. The summed E-state index contributed by atoms with van der Waals surface area (Å²) in [5.74, 6) is 1.72. The van der Waals surface area contributed by atoms with Crippen LogP contribution in [0.15, 0.2) is 0 Å². The zero-order valence-corrected chi connectivity index (χ0v) is 14.8. The number of hydrogen-bond acceptors (Lipinski definition) is 2. The molecular formula is C18H38N2. The molecule has 0 radical (unpaired) electrons. The third kappa shape index (κ3) is 5.73. The molecule has 0 aromatic rings. The molecule has 3 atom stereocenters. The summed E-state index contributed by atoms with van der Waals surface area (Å²) in [6.07, 6.45) is 6.80. The molecule has 0 heterocycles. The van der Waals surface area contributed by atoms with Crippen molar-refractivity contribution in [3.05, 3.63) is 0 Å². The number of rotatable bonds is 7. The quantitative estimate of drug-likeness (QED) is 0.754. The van der Waals surface area contributed by atoms with Crippen LogP contribution < -0.4 is 5.32 Å². The van der Waals surface area contributed by atoms with Gasteiger partial charge in [0, 0.05) is 12.6 Å². The normalized spacial score (nSPS) is 28.1. The van der Waals surface area contributed by atoms with Gasteiger partial charge in [-0.3, -0.25) is 0 Å². The van der Waals surface area contributed by atoms with Crippen molar-refractivity contribution in [3.8, 4) is 0 Å². The predicted octanol–water partition coefficient (Wildman–Crippen LogP) is 4.16. The van der Waals surface area contributed by atoms with Gasteiger partial charge in [-0.05, 0) is 63.1 Å². The van der Waals surface area contributed by atoms with Gasteiger partial charge in [0.2, 0.25) is 0 Å². The molecule has 1 aliphatic carbocycles. The summed E-state index contributed by atoms with van der Waals surface area (Å²) < 4.78 is 0. The van der Waals surface area contributed by atoms with E-state index in [0.29, 0.717) is 5.41 Å². The summed E-state index contributed by atoms with van der Waals surface area (Å²) in [7, 11) is 2.30. The summed E-state index contributed by atoms with van der Waals surface area (Å²) >= 11 is 0. The van der Waals surface area contributed by atoms with Gasteiger partial charge < -0.3 is 10.2 Å². The molecule has 2 heteroatoms.